The molecule has 0 amide bonds. The lowest BCUT2D eigenvalue weighted by Crippen LogP contribution is -2.42. The summed E-state index contributed by atoms with van der Waals surface area (Å²) in [5, 5.41) is 0. The summed E-state index contributed by atoms with van der Waals surface area (Å²) in [6.07, 6.45) is 6.74. The van der Waals surface area contributed by atoms with Gasteiger partial charge in [-0.1, -0.05) is 18.4 Å². The summed E-state index contributed by atoms with van der Waals surface area (Å²) in [7, 11) is 1.44. The van der Waals surface area contributed by atoms with E-state index in [4.69, 9.17) is 9.47 Å². The summed E-state index contributed by atoms with van der Waals surface area (Å²) in [5.74, 6) is -0.595. The Morgan fingerprint density at radius 2 is 1.95 bits per heavy atom. The minimum Gasteiger partial charge on any atom is -0.469 e. The van der Waals surface area contributed by atoms with E-state index >= 15 is 0 Å². The Morgan fingerprint density at radius 1 is 1.32 bits per heavy atom. The van der Waals surface area contributed by atoms with E-state index in [0.29, 0.717) is 0 Å². The molecule has 2 aliphatic carbocycles. The molecule has 0 unspecified atom stereocenters. The zero-order valence-corrected chi connectivity index (χ0v) is 11.9. The lowest BCUT2D eigenvalue weighted by Gasteiger charge is -2.42. The lowest BCUT2D eigenvalue weighted by molar-refractivity contribution is -0.152. The molecule has 4 nitrogen and oxygen atoms in total. The number of rotatable bonds is 2. The molecule has 0 saturated heterocycles. The summed E-state index contributed by atoms with van der Waals surface area (Å²) in [4.78, 5) is 23.2. The molecule has 0 aliphatic heterocycles. The summed E-state index contributed by atoms with van der Waals surface area (Å²) in [5.41, 5.74) is 0.901. The third kappa shape index (κ3) is 2.67. The van der Waals surface area contributed by atoms with E-state index in [1.54, 1.807) is 0 Å². The Bertz CT molecular complexity index is 404. The fourth-order valence-electron chi connectivity index (χ4n) is 3.86. The number of carbonyl (C=O) groups is 2. The van der Waals surface area contributed by atoms with Gasteiger partial charge in [0.25, 0.3) is 0 Å². The molecule has 0 radical (unpaired) electrons. The highest BCUT2D eigenvalue weighted by atomic mass is 16.5. The summed E-state index contributed by atoms with van der Waals surface area (Å²) < 4.78 is 10.3. The maximum atomic E-state index is 12.1. The van der Waals surface area contributed by atoms with E-state index in [1.807, 2.05) is 13.0 Å². The second-order valence-electron chi connectivity index (χ2n) is 5.79. The van der Waals surface area contributed by atoms with Gasteiger partial charge in [0.05, 0.1) is 13.0 Å². The molecular formula is C15H22O4. The van der Waals surface area contributed by atoms with Crippen molar-refractivity contribution in [2.45, 2.75) is 52.1 Å². The fourth-order valence-corrected chi connectivity index (χ4v) is 3.86. The fraction of sp³-hybridized carbons (Fsp3) is 0.733. The van der Waals surface area contributed by atoms with Crippen LogP contribution in [0.2, 0.25) is 0 Å². The maximum absolute atomic E-state index is 12.1. The van der Waals surface area contributed by atoms with Crippen molar-refractivity contribution in [1.82, 2.24) is 0 Å². The highest BCUT2D eigenvalue weighted by molar-refractivity contribution is 5.77. The van der Waals surface area contributed by atoms with Crippen molar-refractivity contribution in [1.29, 1.82) is 0 Å². The van der Waals surface area contributed by atoms with E-state index in [0.717, 1.165) is 37.7 Å². The minimum atomic E-state index is -0.265. The monoisotopic (exact) mass is 266 g/mol. The summed E-state index contributed by atoms with van der Waals surface area (Å²) >= 11 is 0. The van der Waals surface area contributed by atoms with Crippen LogP contribution in [0.15, 0.2) is 11.6 Å². The molecule has 2 rings (SSSR count). The van der Waals surface area contributed by atoms with Gasteiger partial charge in [0.15, 0.2) is 0 Å². The highest BCUT2D eigenvalue weighted by Crippen LogP contribution is 2.53. The molecule has 0 N–H and O–H groups in total. The third-order valence-electron chi connectivity index (χ3n) is 4.48. The molecular weight excluding hydrogens is 244 g/mol. The van der Waals surface area contributed by atoms with E-state index < -0.39 is 0 Å². The van der Waals surface area contributed by atoms with Crippen LogP contribution in [0, 0.1) is 11.3 Å². The quantitative estimate of drug-likeness (QED) is 0.569. The standard InChI is InChI=1S/C15H22O4/c1-10-8-12(19-11(2)16)9-15(6-4-5-7-15)13(10)14(17)18-3/h8,12-13H,4-7,9H2,1-3H3/t12-,13+/m0/s1. The zero-order valence-electron chi connectivity index (χ0n) is 11.9. The van der Waals surface area contributed by atoms with Gasteiger partial charge in [0, 0.05) is 6.92 Å². The molecule has 0 aromatic rings. The lowest BCUT2D eigenvalue weighted by atomic mass is 9.64. The molecule has 0 bridgehead atoms. The van der Waals surface area contributed by atoms with Gasteiger partial charge in [0.2, 0.25) is 0 Å². The number of ether oxygens (including phenoxy) is 2. The van der Waals surface area contributed by atoms with E-state index in [-0.39, 0.29) is 29.4 Å². The van der Waals surface area contributed by atoms with Crippen LogP contribution >= 0.6 is 0 Å². The Balaban J connectivity index is 2.30. The van der Waals surface area contributed by atoms with Gasteiger partial charge in [-0.15, -0.1) is 0 Å². The van der Waals surface area contributed by atoms with Crippen molar-refractivity contribution >= 4 is 11.9 Å². The first-order valence-electron chi connectivity index (χ1n) is 6.92. The average molecular weight is 266 g/mol. The third-order valence-corrected chi connectivity index (χ3v) is 4.48. The normalized spacial score (nSPS) is 28.9. The first-order valence-corrected chi connectivity index (χ1v) is 6.92. The molecule has 19 heavy (non-hydrogen) atoms. The van der Waals surface area contributed by atoms with E-state index in [1.165, 1.54) is 14.0 Å². The predicted molar refractivity (Wildman–Crippen MR) is 70.3 cm³/mol. The van der Waals surface area contributed by atoms with Crippen molar-refractivity contribution in [2.24, 2.45) is 11.3 Å². The number of methoxy groups -OCH3 is 1. The molecule has 2 aliphatic rings. The Hall–Kier alpha value is -1.32. The van der Waals surface area contributed by atoms with Gasteiger partial charge >= 0.3 is 11.9 Å². The van der Waals surface area contributed by atoms with Crippen molar-refractivity contribution < 1.29 is 19.1 Å². The summed E-state index contributed by atoms with van der Waals surface area (Å²) in [6.45, 7) is 3.37. The summed E-state index contributed by atoms with van der Waals surface area (Å²) in [6, 6.07) is 0. The zero-order chi connectivity index (χ0) is 14.0. The molecule has 106 valence electrons. The SMILES string of the molecule is COC(=O)[C@H]1C(C)=C[C@H](OC(C)=O)CC12CCCC2. The maximum Gasteiger partial charge on any atom is 0.313 e. The van der Waals surface area contributed by atoms with E-state index in [9.17, 15) is 9.59 Å². The van der Waals surface area contributed by atoms with Crippen molar-refractivity contribution in [3.63, 3.8) is 0 Å². The van der Waals surface area contributed by atoms with Crippen molar-refractivity contribution in [3.05, 3.63) is 11.6 Å². The number of hydrogen-bond donors (Lipinski definition) is 0. The molecule has 0 aromatic heterocycles. The van der Waals surface area contributed by atoms with Crippen LogP contribution in [-0.4, -0.2) is 25.2 Å². The molecule has 1 saturated carbocycles. The largest absolute Gasteiger partial charge is 0.469 e. The Labute approximate surface area is 114 Å². The van der Waals surface area contributed by atoms with Gasteiger partial charge in [-0.25, -0.2) is 0 Å². The van der Waals surface area contributed by atoms with Crippen LogP contribution in [0.25, 0.3) is 0 Å². The smallest absolute Gasteiger partial charge is 0.313 e. The molecule has 1 fully saturated rings. The van der Waals surface area contributed by atoms with Crippen molar-refractivity contribution in [3.8, 4) is 0 Å². The van der Waals surface area contributed by atoms with Gasteiger partial charge in [-0.05, 0) is 37.7 Å². The molecule has 4 heteroatoms. The molecule has 2 atom stereocenters. The average Bonchev–Trinajstić information content (AvgIpc) is 2.75. The Kier molecular flexibility index (Phi) is 3.97. The van der Waals surface area contributed by atoms with Crippen LogP contribution in [-0.2, 0) is 19.1 Å². The second kappa shape index (κ2) is 5.35. The number of hydrogen-bond acceptors (Lipinski definition) is 4. The first kappa shape index (κ1) is 14.1. The highest BCUT2D eigenvalue weighted by Gasteiger charge is 2.50. The van der Waals surface area contributed by atoms with Crippen LogP contribution < -0.4 is 0 Å². The topological polar surface area (TPSA) is 52.6 Å². The van der Waals surface area contributed by atoms with Crippen molar-refractivity contribution in [2.75, 3.05) is 7.11 Å². The van der Waals surface area contributed by atoms with Crippen LogP contribution in [0.1, 0.15) is 46.0 Å². The van der Waals surface area contributed by atoms with Crippen LogP contribution in [0.5, 0.6) is 0 Å². The van der Waals surface area contributed by atoms with Gasteiger partial charge in [0.1, 0.15) is 6.10 Å². The minimum absolute atomic E-state index is 0.0773. The van der Waals surface area contributed by atoms with Crippen LogP contribution in [0.3, 0.4) is 0 Å². The molecule has 0 aromatic carbocycles. The van der Waals surface area contributed by atoms with E-state index in [2.05, 4.69) is 0 Å². The predicted octanol–water partition coefficient (Wildman–Crippen LogP) is 2.62. The molecule has 0 heterocycles. The second-order valence-corrected chi connectivity index (χ2v) is 5.79. The number of esters is 2. The van der Waals surface area contributed by atoms with Gasteiger partial charge in [-0.2, -0.15) is 0 Å². The number of carbonyl (C=O) groups excluding carboxylic acids is 2. The van der Waals surface area contributed by atoms with Gasteiger partial charge in [-0.3, -0.25) is 9.59 Å². The van der Waals surface area contributed by atoms with Gasteiger partial charge < -0.3 is 9.47 Å². The molecule has 1 spiro atoms. The first-order chi connectivity index (χ1) is 8.98. The van der Waals surface area contributed by atoms with Crippen LogP contribution in [0.4, 0.5) is 0 Å². The Morgan fingerprint density at radius 3 is 2.47 bits per heavy atom.